The number of rotatable bonds is 8. The van der Waals surface area contributed by atoms with Gasteiger partial charge >= 0.3 is 5.97 Å². The lowest BCUT2D eigenvalue weighted by molar-refractivity contribution is -0.138. The van der Waals surface area contributed by atoms with Gasteiger partial charge < -0.3 is 15.7 Å². The Bertz CT molecular complexity index is 774. The SMILES string of the molecule is CCCNC(=O)c1cccc(C(=O)NCC(C(=O)O)c2ccccc2)c1. The molecule has 1 unspecified atom stereocenters. The van der Waals surface area contributed by atoms with Gasteiger partial charge in [0.1, 0.15) is 0 Å². The molecule has 3 N–H and O–H groups in total. The first-order valence-electron chi connectivity index (χ1n) is 8.47. The quantitative estimate of drug-likeness (QED) is 0.678. The van der Waals surface area contributed by atoms with Gasteiger partial charge in [-0.1, -0.05) is 43.3 Å². The molecule has 0 heterocycles. The van der Waals surface area contributed by atoms with Crippen molar-refractivity contribution in [3.8, 4) is 0 Å². The van der Waals surface area contributed by atoms with E-state index in [0.717, 1.165) is 6.42 Å². The van der Waals surface area contributed by atoms with Crippen molar-refractivity contribution in [2.24, 2.45) is 0 Å². The van der Waals surface area contributed by atoms with Crippen LogP contribution in [0.4, 0.5) is 0 Å². The summed E-state index contributed by atoms with van der Waals surface area (Å²) in [6, 6.07) is 15.1. The van der Waals surface area contributed by atoms with Crippen LogP contribution in [0.5, 0.6) is 0 Å². The Labute approximate surface area is 152 Å². The Hall–Kier alpha value is -3.15. The molecule has 0 saturated heterocycles. The Morgan fingerprint density at radius 2 is 1.54 bits per heavy atom. The fraction of sp³-hybridized carbons (Fsp3) is 0.250. The Morgan fingerprint density at radius 3 is 2.12 bits per heavy atom. The summed E-state index contributed by atoms with van der Waals surface area (Å²) >= 11 is 0. The average Bonchev–Trinajstić information content (AvgIpc) is 2.66. The molecule has 0 aliphatic heterocycles. The lowest BCUT2D eigenvalue weighted by atomic mass is 9.99. The molecule has 6 nitrogen and oxygen atoms in total. The van der Waals surface area contributed by atoms with E-state index in [4.69, 9.17) is 0 Å². The number of carboxylic acid groups (broad SMARTS) is 1. The summed E-state index contributed by atoms with van der Waals surface area (Å²) < 4.78 is 0. The summed E-state index contributed by atoms with van der Waals surface area (Å²) in [6.45, 7) is 2.48. The molecule has 0 radical (unpaired) electrons. The Balaban J connectivity index is 2.05. The van der Waals surface area contributed by atoms with Crippen LogP contribution in [0, 0.1) is 0 Å². The first-order valence-corrected chi connectivity index (χ1v) is 8.47. The van der Waals surface area contributed by atoms with Crippen LogP contribution in [0.25, 0.3) is 0 Å². The van der Waals surface area contributed by atoms with Crippen molar-refractivity contribution >= 4 is 17.8 Å². The van der Waals surface area contributed by atoms with E-state index < -0.39 is 17.8 Å². The molecule has 1 atom stereocenters. The van der Waals surface area contributed by atoms with Crippen molar-refractivity contribution in [1.29, 1.82) is 0 Å². The fourth-order valence-corrected chi connectivity index (χ4v) is 2.47. The third-order valence-corrected chi connectivity index (χ3v) is 3.89. The van der Waals surface area contributed by atoms with Crippen LogP contribution < -0.4 is 10.6 Å². The van der Waals surface area contributed by atoms with Crippen molar-refractivity contribution in [3.63, 3.8) is 0 Å². The number of carbonyl (C=O) groups is 3. The van der Waals surface area contributed by atoms with Crippen LogP contribution in [-0.2, 0) is 4.79 Å². The van der Waals surface area contributed by atoms with Crippen molar-refractivity contribution in [2.45, 2.75) is 19.3 Å². The molecular formula is C20H22N2O4. The van der Waals surface area contributed by atoms with Gasteiger partial charge in [-0.15, -0.1) is 0 Å². The van der Waals surface area contributed by atoms with Crippen LogP contribution in [-0.4, -0.2) is 36.0 Å². The number of hydrogen-bond donors (Lipinski definition) is 3. The zero-order valence-corrected chi connectivity index (χ0v) is 14.6. The summed E-state index contributed by atoms with van der Waals surface area (Å²) in [5.41, 5.74) is 1.32. The smallest absolute Gasteiger partial charge is 0.312 e. The van der Waals surface area contributed by atoms with E-state index in [2.05, 4.69) is 10.6 Å². The lowest BCUT2D eigenvalue weighted by Gasteiger charge is -2.14. The highest BCUT2D eigenvalue weighted by Crippen LogP contribution is 2.15. The topological polar surface area (TPSA) is 95.5 Å². The highest BCUT2D eigenvalue weighted by molar-refractivity contribution is 5.99. The molecule has 136 valence electrons. The largest absolute Gasteiger partial charge is 0.481 e. The van der Waals surface area contributed by atoms with E-state index in [1.165, 1.54) is 6.07 Å². The molecule has 0 aliphatic carbocycles. The minimum absolute atomic E-state index is 0.0373. The average molecular weight is 354 g/mol. The van der Waals surface area contributed by atoms with Gasteiger partial charge in [-0.25, -0.2) is 0 Å². The molecule has 0 saturated carbocycles. The molecule has 26 heavy (non-hydrogen) atoms. The van der Waals surface area contributed by atoms with Crippen LogP contribution >= 0.6 is 0 Å². The maximum absolute atomic E-state index is 12.4. The second-order valence-corrected chi connectivity index (χ2v) is 5.85. The van der Waals surface area contributed by atoms with Gasteiger partial charge in [0.25, 0.3) is 11.8 Å². The maximum Gasteiger partial charge on any atom is 0.312 e. The molecule has 0 fully saturated rings. The van der Waals surface area contributed by atoms with Gasteiger partial charge in [0.05, 0.1) is 5.92 Å². The van der Waals surface area contributed by atoms with E-state index in [-0.39, 0.29) is 12.5 Å². The maximum atomic E-state index is 12.4. The van der Waals surface area contributed by atoms with Crippen LogP contribution in [0.15, 0.2) is 54.6 Å². The molecule has 6 heteroatoms. The second kappa shape index (κ2) is 9.36. The first kappa shape index (κ1) is 19.2. The Morgan fingerprint density at radius 1 is 0.923 bits per heavy atom. The van der Waals surface area contributed by atoms with Crippen LogP contribution in [0.2, 0.25) is 0 Å². The minimum atomic E-state index is -1.01. The van der Waals surface area contributed by atoms with E-state index in [1.807, 2.05) is 6.92 Å². The van der Waals surface area contributed by atoms with E-state index >= 15 is 0 Å². The van der Waals surface area contributed by atoms with Gasteiger partial charge in [0.2, 0.25) is 0 Å². The summed E-state index contributed by atoms with van der Waals surface area (Å²) in [4.78, 5) is 35.8. The number of amides is 2. The van der Waals surface area contributed by atoms with Crippen molar-refractivity contribution in [1.82, 2.24) is 10.6 Å². The van der Waals surface area contributed by atoms with E-state index in [9.17, 15) is 19.5 Å². The van der Waals surface area contributed by atoms with E-state index in [0.29, 0.717) is 23.2 Å². The number of carbonyl (C=O) groups excluding carboxylic acids is 2. The molecule has 2 amide bonds. The lowest BCUT2D eigenvalue weighted by Crippen LogP contribution is -2.32. The standard InChI is InChI=1S/C20H22N2O4/c1-2-11-21-18(23)15-9-6-10-16(12-15)19(24)22-13-17(20(25)26)14-7-4-3-5-8-14/h3-10,12,17H,2,11,13H2,1H3,(H,21,23)(H,22,24)(H,25,26). The van der Waals surface area contributed by atoms with Gasteiger partial charge in [-0.3, -0.25) is 14.4 Å². The summed E-state index contributed by atoms with van der Waals surface area (Å²) in [7, 11) is 0. The molecule has 0 aromatic heterocycles. The predicted octanol–water partition coefficient (Wildman–Crippen LogP) is 2.42. The monoisotopic (exact) mass is 354 g/mol. The number of nitrogens with one attached hydrogen (secondary N) is 2. The van der Waals surface area contributed by atoms with Gasteiger partial charge in [-0.05, 0) is 30.2 Å². The van der Waals surface area contributed by atoms with Gasteiger partial charge in [0, 0.05) is 24.2 Å². The number of hydrogen-bond acceptors (Lipinski definition) is 3. The molecule has 2 aromatic carbocycles. The molecule has 2 aromatic rings. The third kappa shape index (κ3) is 5.17. The number of carboxylic acids is 1. The first-order chi connectivity index (χ1) is 12.5. The normalized spacial score (nSPS) is 11.4. The van der Waals surface area contributed by atoms with Crippen molar-refractivity contribution in [2.75, 3.05) is 13.1 Å². The zero-order chi connectivity index (χ0) is 18.9. The minimum Gasteiger partial charge on any atom is -0.481 e. The summed E-state index contributed by atoms with van der Waals surface area (Å²) in [5.74, 6) is -2.51. The van der Waals surface area contributed by atoms with Crippen LogP contribution in [0.1, 0.15) is 45.5 Å². The Kier molecular flexibility index (Phi) is 6.91. The highest BCUT2D eigenvalue weighted by atomic mass is 16.4. The van der Waals surface area contributed by atoms with Gasteiger partial charge in [0.15, 0.2) is 0 Å². The van der Waals surface area contributed by atoms with Crippen molar-refractivity contribution in [3.05, 3.63) is 71.3 Å². The van der Waals surface area contributed by atoms with Crippen LogP contribution in [0.3, 0.4) is 0 Å². The second-order valence-electron chi connectivity index (χ2n) is 5.85. The van der Waals surface area contributed by atoms with Crippen molar-refractivity contribution < 1.29 is 19.5 Å². The third-order valence-electron chi connectivity index (χ3n) is 3.89. The molecule has 2 rings (SSSR count). The highest BCUT2D eigenvalue weighted by Gasteiger charge is 2.21. The molecule has 0 aliphatic rings. The molecule has 0 bridgehead atoms. The fourth-order valence-electron chi connectivity index (χ4n) is 2.47. The summed E-state index contributed by atoms with van der Waals surface area (Å²) in [5, 5.41) is 14.8. The summed E-state index contributed by atoms with van der Waals surface area (Å²) in [6.07, 6.45) is 0.821. The number of aliphatic carboxylic acids is 1. The van der Waals surface area contributed by atoms with E-state index in [1.54, 1.807) is 48.5 Å². The zero-order valence-electron chi connectivity index (χ0n) is 14.6. The molecular weight excluding hydrogens is 332 g/mol. The van der Waals surface area contributed by atoms with Gasteiger partial charge in [-0.2, -0.15) is 0 Å². The molecule has 0 spiro atoms. The number of benzene rings is 2. The predicted molar refractivity (Wildman–Crippen MR) is 98.2 cm³/mol.